The lowest BCUT2D eigenvalue weighted by molar-refractivity contribution is -0.136. The zero-order valence-electron chi connectivity index (χ0n) is 37.0. The molecule has 1 unspecified atom stereocenters. The number of amides is 4. The van der Waals surface area contributed by atoms with Gasteiger partial charge < -0.3 is 29.3 Å². The maximum Gasteiger partial charge on any atom is 0.262 e. The second kappa shape index (κ2) is 18.7. The molecule has 0 bridgehead atoms. The molecule has 64 heavy (non-hydrogen) atoms. The average molecular weight is 870 g/mol. The summed E-state index contributed by atoms with van der Waals surface area (Å²) < 4.78 is 17.4. The normalized spacial score (nSPS) is 19.0. The molecule has 14 heteroatoms. The molecule has 1 spiro atoms. The number of rotatable bonds is 19. The molecule has 5 aliphatic heterocycles. The van der Waals surface area contributed by atoms with E-state index in [0.29, 0.717) is 25.2 Å². The molecule has 9 rings (SSSR count). The molecule has 4 amide bonds. The van der Waals surface area contributed by atoms with E-state index in [9.17, 15) is 19.2 Å². The molecule has 1 aromatic heterocycles. The minimum Gasteiger partial charge on any atom is -0.494 e. The summed E-state index contributed by atoms with van der Waals surface area (Å²) in [6, 6.07) is 21.7. The molecule has 0 saturated carbocycles. The zero-order valence-corrected chi connectivity index (χ0v) is 37.0. The van der Waals surface area contributed by atoms with Gasteiger partial charge in [0.2, 0.25) is 17.8 Å². The Morgan fingerprint density at radius 3 is 2.25 bits per heavy atom. The summed E-state index contributed by atoms with van der Waals surface area (Å²) in [5, 5.41) is 5.52. The van der Waals surface area contributed by atoms with Crippen molar-refractivity contribution >= 4 is 41.0 Å². The number of fused-ring (bicyclic) bond motifs is 2. The van der Waals surface area contributed by atoms with Gasteiger partial charge in [0.15, 0.2) is 0 Å². The van der Waals surface area contributed by atoms with Crippen molar-refractivity contribution in [1.82, 2.24) is 20.2 Å². The highest BCUT2D eigenvalue weighted by Gasteiger charge is 2.50. The molecule has 2 N–H and O–H groups in total. The van der Waals surface area contributed by atoms with Crippen molar-refractivity contribution in [2.24, 2.45) is 5.41 Å². The van der Waals surface area contributed by atoms with Crippen molar-refractivity contribution in [3.8, 4) is 5.75 Å². The molecule has 4 aromatic rings. The number of hydrogen-bond acceptors (Lipinski definition) is 12. The van der Waals surface area contributed by atoms with Gasteiger partial charge in [-0.3, -0.25) is 29.4 Å². The summed E-state index contributed by atoms with van der Waals surface area (Å²) in [7, 11) is 0. The molecule has 3 fully saturated rings. The van der Waals surface area contributed by atoms with Gasteiger partial charge in [-0.2, -0.15) is 0 Å². The largest absolute Gasteiger partial charge is 0.494 e. The number of ether oxygens (including phenoxy) is 3. The predicted molar refractivity (Wildman–Crippen MR) is 243 cm³/mol. The molecular formula is C50H59N7O7. The van der Waals surface area contributed by atoms with Gasteiger partial charge >= 0.3 is 0 Å². The van der Waals surface area contributed by atoms with Gasteiger partial charge in [-0.1, -0.05) is 57.4 Å². The summed E-state index contributed by atoms with van der Waals surface area (Å²) in [6.07, 6.45) is 9.38. The van der Waals surface area contributed by atoms with Gasteiger partial charge in [0.1, 0.15) is 11.8 Å². The Morgan fingerprint density at radius 1 is 0.812 bits per heavy atom. The van der Waals surface area contributed by atoms with Crippen LogP contribution in [0.2, 0.25) is 0 Å². The highest BCUT2D eigenvalue weighted by Crippen LogP contribution is 2.40. The van der Waals surface area contributed by atoms with Gasteiger partial charge in [0.05, 0.1) is 48.6 Å². The Kier molecular flexibility index (Phi) is 12.7. The molecule has 14 nitrogen and oxygen atoms in total. The first kappa shape index (κ1) is 43.4. The lowest BCUT2D eigenvalue weighted by Crippen LogP contribution is -2.66. The summed E-state index contributed by atoms with van der Waals surface area (Å²) in [4.78, 5) is 65.2. The molecule has 336 valence electrons. The monoisotopic (exact) mass is 869 g/mol. The predicted octanol–water partition coefficient (Wildman–Crippen LogP) is 6.45. The van der Waals surface area contributed by atoms with E-state index < -0.39 is 29.7 Å². The number of carbonyl (C=O) groups is 4. The third kappa shape index (κ3) is 9.21. The summed E-state index contributed by atoms with van der Waals surface area (Å²) in [6.45, 7) is 12.7. The van der Waals surface area contributed by atoms with Crippen LogP contribution in [0.15, 0.2) is 72.9 Å². The minimum atomic E-state index is -0.971. The Bertz CT molecular complexity index is 2360. The van der Waals surface area contributed by atoms with Gasteiger partial charge in [-0.15, -0.1) is 0 Å². The second-order valence-electron chi connectivity index (χ2n) is 18.6. The van der Waals surface area contributed by atoms with Gasteiger partial charge in [-0.05, 0) is 91.3 Å². The van der Waals surface area contributed by atoms with E-state index in [1.54, 1.807) is 18.2 Å². The maximum atomic E-state index is 13.1. The second-order valence-corrected chi connectivity index (χ2v) is 18.6. The van der Waals surface area contributed by atoms with Crippen LogP contribution in [0.25, 0.3) is 0 Å². The van der Waals surface area contributed by atoms with E-state index in [4.69, 9.17) is 24.2 Å². The molecular weight excluding hydrogens is 811 g/mol. The van der Waals surface area contributed by atoms with Crippen LogP contribution in [0.3, 0.4) is 0 Å². The molecule has 0 radical (unpaired) electrons. The van der Waals surface area contributed by atoms with Gasteiger partial charge in [-0.25, -0.2) is 9.97 Å². The highest BCUT2D eigenvalue weighted by molar-refractivity contribution is 6.23. The summed E-state index contributed by atoms with van der Waals surface area (Å²) in [5.74, 6) is -0.272. The summed E-state index contributed by atoms with van der Waals surface area (Å²) in [5.41, 5.74) is 7.57. The number of piperidine rings is 1. The first-order valence-electron chi connectivity index (χ1n) is 23.0. The van der Waals surface area contributed by atoms with Crippen LogP contribution in [0.4, 0.5) is 17.3 Å². The first-order chi connectivity index (χ1) is 31.1. The fourth-order valence-corrected chi connectivity index (χ4v) is 9.48. The minimum absolute atomic E-state index is 0.0919. The van der Waals surface area contributed by atoms with E-state index in [1.165, 1.54) is 22.4 Å². The topological polar surface area (TPSA) is 156 Å². The maximum absolute atomic E-state index is 13.1. The Hall–Kier alpha value is -5.86. The zero-order chi connectivity index (χ0) is 44.3. The quantitative estimate of drug-likeness (QED) is 0.0786. The molecule has 3 saturated heterocycles. The fraction of sp³-hybridized carbons (Fsp3) is 0.480. The van der Waals surface area contributed by atoms with E-state index in [-0.39, 0.29) is 29.4 Å². The average Bonchev–Trinajstić information content (AvgIpc) is 3.51. The number of imide groups is 2. The lowest BCUT2D eigenvalue weighted by atomic mass is 9.78. The van der Waals surface area contributed by atoms with Gasteiger partial charge in [0.25, 0.3) is 11.8 Å². The van der Waals surface area contributed by atoms with Crippen molar-refractivity contribution in [3.05, 3.63) is 106 Å². The van der Waals surface area contributed by atoms with Gasteiger partial charge in [0, 0.05) is 68.8 Å². The van der Waals surface area contributed by atoms with Crippen LogP contribution < -0.4 is 25.2 Å². The Labute approximate surface area is 375 Å². The fourth-order valence-electron chi connectivity index (χ4n) is 9.48. The number of unbranched alkanes of at least 4 members (excludes halogenated alkanes) is 4. The molecule has 3 aromatic carbocycles. The first-order valence-corrected chi connectivity index (χ1v) is 23.0. The molecule has 0 aliphatic carbocycles. The van der Waals surface area contributed by atoms with Crippen LogP contribution in [-0.4, -0.2) is 104 Å². The number of aromatic nitrogens is 2. The van der Waals surface area contributed by atoms with Crippen molar-refractivity contribution in [2.75, 3.05) is 74.3 Å². The van der Waals surface area contributed by atoms with Crippen LogP contribution in [0, 0.1) is 5.41 Å². The van der Waals surface area contributed by atoms with Crippen molar-refractivity contribution < 1.29 is 33.4 Å². The molecule has 1 atom stereocenters. The third-order valence-corrected chi connectivity index (χ3v) is 13.6. The molecule has 6 heterocycles. The summed E-state index contributed by atoms with van der Waals surface area (Å²) >= 11 is 0. The SMILES string of the molecule is CC(C)(c1ccc(OCCCCCCCOCCCNc2ccc3c(c2)C(=O)N(C2CCC(=O)NC2=O)C3=O)cc1)c1ccc(N2CCc3cnc(N4CC5(COC5)C4)nc3C2)cc1. The number of hydrogen-bond donors (Lipinski definition) is 2. The smallest absolute Gasteiger partial charge is 0.262 e. The Morgan fingerprint density at radius 2 is 1.52 bits per heavy atom. The van der Waals surface area contributed by atoms with Crippen molar-refractivity contribution in [2.45, 2.75) is 89.6 Å². The van der Waals surface area contributed by atoms with E-state index in [0.717, 1.165) is 119 Å². The number of nitrogens with one attached hydrogen (secondary N) is 2. The van der Waals surface area contributed by atoms with Crippen LogP contribution >= 0.6 is 0 Å². The number of anilines is 3. The number of carbonyl (C=O) groups excluding carboxylic acids is 4. The van der Waals surface area contributed by atoms with E-state index in [2.05, 4.69) is 82.8 Å². The van der Waals surface area contributed by atoms with Crippen molar-refractivity contribution in [3.63, 3.8) is 0 Å². The van der Waals surface area contributed by atoms with Crippen LogP contribution in [-0.2, 0) is 37.4 Å². The number of nitrogens with zero attached hydrogens (tertiary/aromatic N) is 5. The molecule has 5 aliphatic rings. The third-order valence-electron chi connectivity index (χ3n) is 13.6. The van der Waals surface area contributed by atoms with Crippen LogP contribution in [0.5, 0.6) is 5.75 Å². The highest BCUT2D eigenvalue weighted by atomic mass is 16.5. The van der Waals surface area contributed by atoms with Crippen LogP contribution in [0.1, 0.15) is 108 Å². The lowest BCUT2D eigenvalue weighted by Gasteiger charge is -2.55. The van der Waals surface area contributed by atoms with E-state index in [1.807, 2.05) is 6.20 Å². The number of benzene rings is 3. The van der Waals surface area contributed by atoms with E-state index >= 15 is 0 Å². The van der Waals surface area contributed by atoms with Crippen molar-refractivity contribution in [1.29, 1.82) is 0 Å². The Balaban J connectivity index is 0.624. The standard InChI is InChI=1S/C50H59N7O7/c1-49(2,35-9-14-38(15-10-35)55-23-21-34-28-52-48(53-42(34)29-55)56-30-50(31-56)32-63-33-50)36-11-16-39(17-12-36)64-26-7-5-3-4-6-24-62-25-8-22-51-37-13-18-40-41(27-37)47(61)57(46(40)60)43-19-20-44(58)54-45(43)59/h9-18,27-28,43,51H,3-8,19-26,29-33H2,1-2H3,(H,54,58,59).